The van der Waals surface area contributed by atoms with Crippen LogP contribution in [-0.4, -0.2) is 43.3 Å². The summed E-state index contributed by atoms with van der Waals surface area (Å²) in [4.78, 5) is 15.2. The fraction of sp³-hybridized carbons (Fsp3) is 0.273. The Morgan fingerprint density at radius 3 is 2.70 bits per heavy atom. The van der Waals surface area contributed by atoms with Gasteiger partial charge in [-0.1, -0.05) is 24.3 Å². The molecule has 1 atom stereocenters. The zero-order valence-electron chi connectivity index (χ0n) is 17.1. The molecule has 158 valence electrons. The number of benzene rings is 2. The summed E-state index contributed by atoms with van der Waals surface area (Å²) in [5, 5.41) is 6.54. The third-order valence-electron chi connectivity index (χ3n) is 4.90. The van der Waals surface area contributed by atoms with Crippen LogP contribution in [0.4, 0.5) is 10.1 Å². The monoisotopic (exact) mass is 429 g/mol. The van der Waals surface area contributed by atoms with Crippen molar-refractivity contribution >= 4 is 28.9 Å². The summed E-state index contributed by atoms with van der Waals surface area (Å²) in [7, 11) is 3.14. The first kappa shape index (κ1) is 21.7. The van der Waals surface area contributed by atoms with E-state index in [0.29, 0.717) is 46.5 Å². The molecule has 0 radical (unpaired) electrons. The number of para-hydroxylation sites is 2. The van der Waals surface area contributed by atoms with Gasteiger partial charge in [-0.25, -0.2) is 4.39 Å². The van der Waals surface area contributed by atoms with Crippen molar-refractivity contribution in [3.63, 3.8) is 0 Å². The van der Waals surface area contributed by atoms with E-state index in [-0.39, 0.29) is 11.7 Å². The summed E-state index contributed by atoms with van der Waals surface area (Å²) in [6, 6.07) is 12.7. The number of thiocarbonyl (C=S) groups is 1. The summed E-state index contributed by atoms with van der Waals surface area (Å²) in [6.07, 6.45) is 0. The molecule has 0 spiro atoms. The number of ether oxygens (including phenoxy) is 2. The molecule has 30 heavy (non-hydrogen) atoms. The molecule has 2 aromatic carbocycles. The summed E-state index contributed by atoms with van der Waals surface area (Å²) in [5.74, 6) is -0.171. The number of carbonyl (C=O) groups is 1. The Hall–Kier alpha value is -2.97. The molecule has 1 heterocycles. The van der Waals surface area contributed by atoms with Crippen molar-refractivity contribution in [1.82, 2.24) is 10.2 Å². The van der Waals surface area contributed by atoms with E-state index in [2.05, 4.69) is 10.6 Å². The number of halogens is 1. The van der Waals surface area contributed by atoms with E-state index in [0.717, 1.165) is 0 Å². The average Bonchev–Trinajstić information content (AvgIpc) is 2.73. The number of hydrogen-bond acceptors (Lipinski definition) is 4. The molecule has 0 aromatic heterocycles. The number of amides is 1. The van der Waals surface area contributed by atoms with E-state index < -0.39 is 6.04 Å². The maximum atomic E-state index is 13.9. The lowest BCUT2D eigenvalue weighted by Gasteiger charge is -2.37. The fourth-order valence-corrected chi connectivity index (χ4v) is 3.75. The van der Waals surface area contributed by atoms with Crippen molar-refractivity contribution in [2.75, 3.05) is 32.7 Å². The molecular weight excluding hydrogens is 405 g/mol. The molecule has 0 saturated carbocycles. The highest BCUT2D eigenvalue weighted by atomic mass is 32.1. The largest absolute Gasteiger partial charge is 0.495 e. The van der Waals surface area contributed by atoms with Gasteiger partial charge >= 0.3 is 0 Å². The SMILES string of the molecule is COCCN1C(=S)N[C@H](c2cccc(F)c2)C(C(=O)Nc2ccccc2OC)=C1C. The van der Waals surface area contributed by atoms with Gasteiger partial charge < -0.3 is 25.0 Å². The van der Waals surface area contributed by atoms with Gasteiger partial charge in [-0.3, -0.25) is 4.79 Å². The van der Waals surface area contributed by atoms with Crippen molar-refractivity contribution in [2.24, 2.45) is 0 Å². The van der Waals surface area contributed by atoms with Crippen LogP contribution in [0.15, 0.2) is 59.8 Å². The van der Waals surface area contributed by atoms with Crippen LogP contribution in [0.25, 0.3) is 0 Å². The lowest BCUT2D eigenvalue weighted by atomic mass is 9.94. The minimum atomic E-state index is -0.596. The van der Waals surface area contributed by atoms with Crippen LogP contribution in [0, 0.1) is 5.82 Å². The van der Waals surface area contributed by atoms with Crippen molar-refractivity contribution in [3.8, 4) is 5.75 Å². The first-order chi connectivity index (χ1) is 14.5. The standard InChI is InChI=1S/C22H24FN3O3S/c1-14-19(21(27)24-17-9-4-5-10-18(17)29-3)20(15-7-6-8-16(23)13-15)25-22(30)26(14)11-12-28-2/h4-10,13,20H,11-12H2,1-3H3,(H,24,27)(H,25,30)/t20-/m1/s1. The molecule has 1 amide bonds. The van der Waals surface area contributed by atoms with Gasteiger partial charge in [0.25, 0.3) is 5.91 Å². The van der Waals surface area contributed by atoms with Gasteiger partial charge in [0, 0.05) is 19.4 Å². The average molecular weight is 430 g/mol. The molecule has 0 bridgehead atoms. The number of carbonyl (C=O) groups excluding carboxylic acids is 1. The number of rotatable bonds is 7. The Kier molecular flexibility index (Phi) is 7.02. The highest BCUT2D eigenvalue weighted by Crippen LogP contribution is 2.33. The molecule has 2 N–H and O–H groups in total. The topological polar surface area (TPSA) is 62.8 Å². The number of allylic oxidation sites excluding steroid dienone is 1. The third kappa shape index (κ3) is 4.60. The first-order valence-electron chi connectivity index (χ1n) is 9.43. The zero-order valence-corrected chi connectivity index (χ0v) is 17.9. The van der Waals surface area contributed by atoms with Gasteiger partial charge in [0.05, 0.1) is 31.0 Å². The summed E-state index contributed by atoms with van der Waals surface area (Å²) in [6.45, 7) is 2.74. The Morgan fingerprint density at radius 2 is 2.00 bits per heavy atom. The quantitative estimate of drug-likeness (QED) is 0.656. The Morgan fingerprint density at radius 1 is 1.23 bits per heavy atom. The van der Waals surface area contributed by atoms with E-state index >= 15 is 0 Å². The van der Waals surface area contributed by atoms with Crippen molar-refractivity contribution in [1.29, 1.82) is 0 Å². The van der Waals surface area contributed by atoms with Crippen LogP contribution in [0.5, 0.6) is 5.75 Å². The maximum Gasteiger partial charge on any atom is 0.255 e. The van der Waals surface area contributed by atoms with Crippen molar-refractivity contribution in [2.45, 2.75) is 13.0 Å². The van der Waals surface area contributed by atoms with Gasteiger partial charge in [-0.15, -0.1) is 0 Å². The zero-order chi connectivity index (χ0) is 21.7. The van der Waals surface area contributed by atoms with Crippen LogP contribution in [0.2, 0.25) is 0 Å². The number of anilines is 1. The van der Waals surface area contributed by atoms with Crippen LogP contribution in [0.3, 0.4) is 0 Å². The predicted molar refractivity (Wildman–Crippen MR) is 118 cm³/mol. The normalized spacial score (nSPS) is 16.3. The molecule has 1 aliphatic rings. The van der Waals surface area contributed by atoms with E-state index in [1.165, 1.54) is 19.2 Å². The second-order valence-electron chi connectivity index (χ2n) is 6.74. The second-order valence-corrected chi connectivity index (χ2v) is 7.12. The Bertz CT molecular complexity index is 980. The number of methoxy groups -OCH3 is 2. The molecule has 8 heteroatoms. The lowest BCUT2D eigenvalue weighted by molar-refractivity contribution is -0.113. The van der Waals surface area contributed by atoms with Crippen LogP contribution < -0.4 is 15.4 Å². The van der Waals surface area contributed by atoms with Crippen LogP contribution >= 0.6 is 12.2 Å². The third-order valence-corrected chi connectivity index (χ3v) is 5.24. The molecule has 3 rings (SSSR count). The Balaban J connectivity index is 2.03. The highest BCUT2D eigenvalue weighted by Gasteiger charge is 2.34. The lowest BCUT2D eigenvalue weighted by Crippen LogP contribution is -2.49. The van der Waals surface area contributed by atoms with Gasteiger partial charge in [0.1, 0.15) is 11.6 Å². The number of nitrogens with one attached hydrogen (secondary N) is 2. The smallest absolute Gasteiger partial charge is 0.255 e. The summed E-state index contributed by atoms with van der Waals surface area (Å²) in [5.41, 5.74) is 2.27. The van der Waals surface area contributed by atoms with Gasteiger partial charge in [-0.2, -0.15) is 0 Å². The highest BCUT2D eigenvalue weighted by molar-refractivity contribution is 7.80. The summed E-state index contributed by atoms with van der Waals surface area (Å²) >= 11 is 5.52. The van der Waals surface area contributed by atoms with Gasteiger partial charge in [0.15, 0.2) is 5.11 Å². The maximum absolute atomic E-state index is 13.9. The second kappa shape index (κ2) is 9.69. The molecule has 2 aromatic rings. The number of nitrogens with zero attached hydrogens (tertiary/aromatic N) is 1. The van der Waals surface area contributed by atoms with E-state index in [1.54, 1.807) is 31.4 Å². The van der Waals surface area contributed by atoms with Gasteiger partial charge in [-0.05, 0) is 49.0 Å². The molecule has 1 aliphatic heterocycles. The Labute approximate surface area is 180 Å². The van der Waals surface area contributed by atoms with Crippen LogP contribution in [-0.2, 0) is 9.53 Å². The van der Waals surface area contributed by atoms with Gasteiger partial charge in [0.2, 0.25) is 0 Å². The fourth-order valence-electron chi connectivity index (χ4n) is 3.40. The van der Waals surface area contributed by atoms with E-state index in [4.69, 9.17) is 21.7 Å². The summed E-state index contributed by atoms with van der Waals surface area (Å²) < 4.78 is 24.4. The number of hydrogen-bond donors (Lipinski definition) is 2. The first-order valence-corrected chi connectivity index (χ1v) is 9.84. The molecule has 0 saturated heterocycles. The predicted octanol–water partition coefficient (Wildman–Crippen LogP) is 3.62. The molecule has 0 fully saturated rings. The minimum Gasteiger partial charge on any atom is -0.495 e. The molecule has 6 nitrogen and oxygen atoms in total. The van der Waals surface area contributed by atoms with Crippen molar-refractivity contribution < 1.29 is 18.7 Å². The molecule has 0 unspecified atom stereocenters. The van der Waals surface area contributed by atoms with Crippen molar-refractivity contribution in [3.05, 3.63) is 71.2 Å². The molecule has 0 aliphatic carbocycles. The van der Waals surface area contributed by atoms with E-state index in [9.17, 15) is 9.18 Å². The van der Waals surface area contributed by atoms with Crippen LogP contribution in [0.1, 0.15) is 18.5 Å². The molecular formula is C22H24FN3O3S. The van der Waals surface area contributed by atoms with E-state index in [1.807, 2.05) is 24.0 Å². The minimum absolute atomic E-state index is 0.330.